The van der Waals surface area contributed by atoms with Gasteiger partial charge in [-0.1, -0.05) is 12.1 Å². The predicted molar refractivity (Wildman–Crippen MR) is 74.5 cm³/mol. The van der Waals surface area contributed by atoms with Crippen LogP contribution in [-0.2, 0) is 11.3 Å². The van der Waals surface area contributed by atoms with Crippen molar-refractivity contribution < 1.29 is 9.18 Å². The SMILES string of the molecule is O=C(CN1CC2CNCC2C1)NCc1ccc(F)cc1. The Morgan fingerprint density at radius 1 is 1.25 bits per heavy atom. The van der Waals surface area contributed by atoms with Crippen LogP contribution in [-0.4, -0.2) is 43.5 Å². The van der Waals surface area contributed by atoms with Crippen molar-refractivity contribution in [1.82, 2.24) is 15.5 Å². The van der Waals surface area contributed by atoms with Crippen LogP contribution < -0.4 is 10.6 Å². The Kier molecular flexibility index (Phi) is 3.98. The van der Waals surface area contributed by atoms with E-state index in [0.29, 0.717) is 24.9 Å². The predicted octanol–water partition coefficient (Wildman–Crippen LogP) is 0.593. The molecule has 2 heterocycles. The first-order chi connectivity index (χ1) is 9.70. The highest BCUT2D eigenvalue weighted by molar-refractivity contribution is 5.78. The quantitative estimate of drug-likeness (QED) is 0.847. The molecule has 0 spiro atoms. The fraction of sp³-hybridized carbons (Fsp3) is 0.533. The van der Waals surface area contributed by atoms with Crippen molar-refractivity contribution in [1.29, 1.82) is 0 Å². The van der Waals surface area contributed by atoms with Crippen LogP contribution >= 0.6 is 0 Å². The number of likely N-dealkylation sites (tertiary alicyclic amines) is 1. The van der Waals surface area contributed by atoms with Gasteiger partial charge in [0.2, 0.25) is 5.91 Å². The molecule has 2 aliphatic rings. The van der Waals surface area contributed by atoms with Crippen LogP contribution in [0, 0.1) is 17.7 Å². The van der Waals surface area contributed by atoms with Crippen molar-refractivity contribution in [2.75, 3.05) is 32.7 Å². The van der Waals surface area contributed by atoms with Crippen molar-refractivity contribution in [3.05, 3.63) is 35.6 Å². The third kappa shape index (κ3) is 3.16. The number of hydrogen-bond acceptors (Lipinski definition) is 3. The summed E-state index contributed by atoms with van der Waals surface area (Å²) in [6.07, 6.45) is 0. The Morgan fingerprint density at radius 3 is 2.55 bits per heavy atom. The van der Waals surface area contributed by atoms with Gasteiger partial charge >= 0.3 is 0 Å². The number of fused-ring (bicyclic) bond motifs is 1. The molecule has 0 aliphatic carbocycles. The van der Waals surface area contributed by atoms with E-state index in [1.807, 2.05) is 0 Å². The maximum absolute atomic E-state index is 12.8. The van der Waals surface area contributed by atoms with Gasteiger partial charge < -0.3 is 10.6 Å². The molecule has 2 atom stereocenters. The van der Waals surface area contributed by atoms with Crippen LogP contribution in [0.25, 0.3) is 0 Å². The summed E-state index contributed by atoms with van der Waals surface area (Å²) in [5.41, 5.74) is 0.919. The first kappa shape index (κ1) is 13.5. The van der Waals surface area contributed by atoms with E-state index in [0.717, 1.165) is 31.7 Å². The summed E-state index contributed by atoms with van der Waals surface area (Å²) in [6.45, 7) is 5.12. The van der Waals surface area contributed by atoms with Gasteiger partial charge in [0.05, 0.1) is 6.54 Å². The van der Waals surface area contributed by atoms with E-state index in [9.17, 15) is 9.18 Å². The Morgan fingerprint density at radius 2 is 1.90 bits per heavy atom. The normalized spacial score (nSPS) is 25.6. The number of nitrogens with one attached hydrogen (secondary N) is 2. The minimum Gasteiger partial charge on any atom is -0.351 e. The third-order valence-corrected chi connectivity index (χ3v) is 4.24. The lowest BCUT2D eigenvalue weighted by atomic mass is 10.0. The van der Waals surface area contributed by atoms with Crippen molar-refractivity contribution in [2.45, 2.75) is 6.54 Å². The van der Waals surface area contributed by atoms with Gasteiger partial charge in [-0.3, -0.25) is 9.69 Å². The topological polar surface area (TPSA) is 44.4 Å². The molecule has 0 bridgehead atoms. The number of nitrogens with zero attached hydrogens (tertiary/aromatic N) is 1. The van der Waals surface area contributed by atoms with Crippen LogP contribution in [0.1, 0.15) is 5.56 Å². The van der Waals surface area contributed by atoms with E-state index < -0.39 is 0 Å². The Hall–Kier alpha value is -1.46. The maximum Gasteiger partial charge on any atom is 0.234 e. The molecule has 108 valence electrons. The molecule has 0 aromatic heterocycles. The molecule has 1 amide bonds. The highest BCUT2D eigenvalue weighted by Crippen LogP contribution is 2.25. The van der Waals surface area contributed by atoms with Crippen LogP contribution in [0.4, 0.5) is 4.39 Å². The molecule has 3 rings (SSSR count). The molecule has 0 radical (unpaired) electrons. The fourth-order valence-electron chi connectivity index (χ4n) is 3.14. The van der Waals surface area contributed by atoms with Crippen LogP contribution in [0.15, 0.2) is 24.3 Å². The van der Waals surface area contributed by atoms with Crippen LogP contribution in [0.3, 0.4) is 0 Å². The number of carbonyl (C=O) groups is 1. The van der Waals surface area contributed by atoms with E-state index in [4.69, 9.17) is 0 Å². The lowest BCUT2D eigenvalue weighted by Crippen LogP contribution is -2.37. The smallest absolute Gasteiger partial charge is 0.234 e. The fourth-order valence-corrected chi connectivity index (χ4v) is 3.14. The van der Waals surface area contributed by atoms with E-state index in [1.54, 1.807) is 12.1 Å². The molecule has 1 aromatic rings. The van der Waals surface area contributed by atoms with Gasteiger partial charge in [0.25, 0.3) is 0 Å². The molecule has 2 aliphatic heterocycles. The molecule has 5 heteroatoms. The van der Waals surface area contributed by atoms with Gasteiger partial charge in [0, 0.05) is 19.6 Å². The number of benzene rings is 1. The van der Waals surface area contributed by atoms with Crippen molar-refractivity contribution >= 4 is 5.91 Å². The second-order valence-corrected chi connectivity index (χ2v) is 5.78. The second-order valence-electron chi connectivity index (χ2n) is 5.78. The Bertz CT molecular complexity index is 465. The zero-order valence-electron chi connectivity index (χ0n) is 11.4. The summed E-state index contributed by atoms with van der Waals surface area (Å²) in [5, 5.41) is 6.28. The second kappa shape index (κ2) is 5.89. The van der Waals surface area contributed by atoms with Gasteiger partial charge in [-0.05, 0) is 42.6 Å². The highest BCUT2D eigenvalue weighted by Gasteiger charge is 2.36. The summed E-state index contributed by atoms with van der Waals surface area (Å²) in [6, 6.07) is 6.22. The zero-order chi connectivity index (χ0) is 13.9. The van der Waals surface area contributed by atoms with Crippen LogP contribution in [0.5, 0.6) is 0 Å². The average Bonchev–Trinajstić information content (AvgIpc) is 2.99. The number of rotatable bonds is 4. The molecule has 20 heavy (non-hydrogen) atoms. The first-order valence-corrected chi connectivity index (χ1v) is 7.15. The largest absolute Gasteiger partial charge is 0.351 e. The lowest BCUT2D eigenvalue weighted by molar-refractivity contribution is -0.122. The van der Waals surface area contributed by atoms with Crippen molar-refractivity contribution in [3.63, 3.8) is 0 Å². The number of hydrogen-bond donors (Lipinski definition) is 2. The number of amides is 1. The standard InChI is InChI=1S/C15H20FN3O/c16-14-3-1-11(2-4-14)5-18-15(20)10-19-8-12-6-17-7-13(12)9-19/h1-4,12-13,17H,5-10H2,(H,18,20). The Labute approximate surface area is 118 Å². The van der Waals surface area contributed by atoms with Gasteiger partial charge in [-0.2, -0.15) is 0 Å². The Balaban J connectivity index is 1.42. The van der Waals surface area contributed by atoms with Crippen molar-refractivity contribution in [2.24, 2.45) is 11.8 Å². The molecule has 2 saturated heterocycles. The summed E-state index contributed by atoms with van der Waals surface area (Å²) in [7, 11) is 0. The molecule has 2 fully saturated rings. The zero-order valence-corrected chi connectivity index (χ0v) is 11.4. The van der Waals surface area contributed by atoms with E-state index >= 15 is 0 Å². The minimum atomic E-state index is -0.253. The first-order valence-electron chi connectivity index (χ1n) is 7.15. The third-order valence-electron chi connectivity index (χ3n) is 4.24. The van der Waals surface area contributed by atoms with Crippen molar-refractivity contribution in [3.8, 4) is 0 Å². The molecule has 4 nitrogen and oxygen atoms in total. The monoisotopic (exact) mass is 277 g/mol. The molecular formula is C15H20FN3O. The number of carbonyl (C=O) groups excluding carboxylic acids is 1. The van der Waals surface area contributed by atoms with E-state index in [-0.39, 0.29) is 11.7 Å². The van der Waals surface area contributed by atoms with Gasteiger partial charge in [-0.15, -0.1) is 0 Å². The molecule has 0 saturated carbocycles. The maximum atomic E-state index is 12.8. The van der Waals surface area contributed by atoms with Crippen LogP contribution in [0.2, 0.25) is 0 Å². The molecule has 1 aromatic carbocycles. The molecule has 2 unspecified atom stereocenters. The van der Waals surface area contributed by atoms with Gasteiger partial charge in [0.1, 0.15) is 5.82 Å². The summed E-state index contributed by atoms with van der Waals surface area (Å²) >= 11 is 0. The minimum absolute atomic E-state index is 0.0438. The van der Waals surface area contributed by atoms with E-state index in [2.05, 4.69) is 15.5 Å². The highest BCUT2D eigenvalue weighted by atomic mass is 19.1. The van der Waals surface area contributed by atoms with Gasteiger partial charge in [-0.25, -0.2) is 4.39 Å². The molecule has 2 N–H and O–H groups in total. The summed E-state index contributed by atoms with van der Waals surface area (Å²) in [4.78, 5) is 14.1. The lowest BCUT2D eigenvalue weighted by Gasteiger charge is -2.16. The van der Waals surface area contributed by atoms with E-state index in [1.165, 1.54) is 12.1 Å². The average molecular weight is 277 g/mol. The summed E-state index contributed by atoms with van der Waals surface area (Å²) < 4.78 is 12.8. The summed E-state index contributed by atoms with van der Waals surface area (Å²) in [5.74, 6) is 1.21. The number of halogens is 1. The van der Waals surface area contributed by atoms with Gasteiger partial charge in [0.15, 0.2) is 0 Å². The molecular weight excluding hydrogens is 257 g/mol.